The van der Waals surface area contributed by atoms with E-state index in [0.717, 1.165) is 5.57 Å². The van der Waals surface area contributed by atoms with Gasteiger partial charge in [0, 0.05) is 13.0 Å². The van der Waals surface area contributed by atoms with Crippen LogP contribution in [0.25, 0.3) is 0 Å². The maximum atomic E-state index is 10.8. The Morgan fingerprint density at radius 1 is 1.07 bits per heavy atom. The van der Waals surface area contributed by atoms with Crippen molar-refractivity contribution in [1.29, 1.82) is 0 Å². The molecule has 0 aliphatic heterocycles. The summed E-state index contributed by atoms with van der Waals surface area (Å²) in [4.78, 5) is 21.4. The van der Waals surface area contributed by atoms with Gasteiger partial charge in [-0.2, -0.15) is 0 Å². The quantitative estimate of drug-likeness (QED) is 0.299. The van der Waals surface area contributed by atoms with E-state index in [2.05, 4.69) is 4.74 Å². The van der Waals surface area contributed by atoms with Gasteiger partial charge in [0.1, 0.15) is 5.76 Å². The number of ether oxygens (including phenoxy) is 2. The molecule has 0 atom stereocenters. The highest BCUT2D eigenvalue weighted by atomic mass is 16.5. The van der Waals surface area contributed by atoms with Gasteiger partial charge in [-0.15, -0.1) is 0 Å². The lowest BCUT2D eigenvalue weighted by Gasteiger charge is -2.03. The van der Waals surface area contributed by atoms with Crippen LogP contribution in [0.1, 0.15) is 20.8 Å². The Bertz CT molecular complexity index is 282. The third kappa shape index (κ3) is 5.13. The largest absolute Gasteiger partial charge is 0.466 e. The lowest BCUT2D eigenvalue weighted by atomic mass is 10.2. The van der Waals surface area contributed by atoms with Crippen LogP contribution in [0.4, 0.5) is 0 Å². The highest BCUT2D eigenvalue weighted by Crippen LogP contribution is 2.07. The molecule has 78 valence electrons. The molecule has 0 radical (unpaired) electrons. The fourth-order valence-corrected chi connectivity index (χ4v) is 0.669. The van der Waals surface area contributed by atoms with Crippen LogP contribution in [0.3, 0.4) is 0 Å². The minimum atomic E-state index is -0.490. The minimum Gasteiger partial charge on any atom is -0.466 e. The van der Waals surface area contributed by atoms with Gasteiger partial charge in [0.15, 0.2) is 0 Å². The molecule has 14 heavy (non-hydrogen) atoms. The van der Waals surface area contributed by atoms with Crippen molar-refractivity contribution < 1.29 is 19.1 Å². The molecule has 0 fully saturated rings. The van der Waals surface area contributed by atoms with Crippen molar-refractivity contribution in [2.75, 3.05) is 7.11 Å². The molecule has 0 saturated carbocycles. The topological polar surface area (TPSA) is 52.6 Å². The molecular formula is C10H14O4. The predicted molar refractivity (Wildman–Crippen MR) is 51.3 cm³/mol. The number of carbonyl (C=O) groups is 2. The molecule has 0 rings (SSSR count). The first kappa shape index (κ1) is 12.4. The van der Waals surface area contributed by atoms with Crippen LogP contribution >= 0.6 is 0 Å². The molecule has 4 nitrogen and oxygen atoms in total. The number of allylic oxidation sites excluding steroid dienone is 2. The van der Waals surface area contributed by atoms with Crippen molar-refractivity contribution in [2.24, 2.45) is 0 Å². The molecule has 0 spiro atoms. The summed E-state index contributed by atoms with van der Waals surface area (Å²) in [6, 6.07) is 0. The monoisotopic (exact) mass is 198 g/mol. The van der Waals surface area contributed by atoms with Gasteiger partial charge in [-0.3, -0.25) is 4.79 Å². The number of hydrogen-bond donors (Lipinski definition) is 0. The zero-order valence-electron chi connectivity index (χ0n) is 8.79. The number of carbonyl (C=O) groups excluding carboxylic acids is 2. The third-order valence-electron chi connectivity index (χ3n) is 1.32. The summed E-state index contributed by atoms with van der Waals surface area (Å²) in [5.41, 5.74) is 0.806. The van der Waals surface area contributed by atoms with E-state index < -0.39 is 11.9 Å². The van der Waals surface area contributed by atoms with Crippen LogP contribution in [0, 0.1) is 0 Å². The Hall–Kier alpha value is -1.58. The lowest BCUT2D eigenvalue weighted by molar-refractivity contribution is -0.137. The highest BCUT2D eigenvalue weighted by molar-refractivity contribution is 5.82. The summed E-state index contributed by atoms with van der Waals surface area (Å²) in [6.45, 7) is 4.86. The summed E-state index contributed by atoms with van der Waals surface area (Å²) in [5, 5.41) is 0. The first-order valence-corrected chi connectivity index (χ1v) is 4.09. The maximum absolute atomic E-state index is 10.8. The Morgan fingerprint density at radius 2 is 1.64 bits per heavy atom. The molecule has 0 N–H and O–H groups in total. The number of esters is 2. The average Bonchev–Trinajstić information content (AvgIpc) is 2.10. The van der Waals surface area contributed by atoms with Crippen molar-refractivity contribution in [3.05, 3.63) is 23.5 Å². The van der Waals surface area contributed by atoms with Crippen LogP contribution in [0.15, 0.2) is 23.5 Å². The second-order valence-corrected chi connectivity index (χ2v) is 2.81. The summed E-state index contributed by atoms with van der Waals surface area (Å²) in [7, 11) is 1.28. The molecular weight excluding hydrogens is 184 g/mol. The second-order valence-electron chi connectivity index (χ2n) is 2.81. The van der Waals surface area contributed by atoms with Crippen LogP contribution in [-0.2, 0) is 19.1 Å². The molecule has 0 saturated heterocycles. The SMILES string of the molecule is COC(=O)/C=C/C(OC(C)=O)=C(C)C. The van der Waals surface area contributed by atoms with E-state index in [1.165, 1.54) is 26.2 Å². The molecule has 0 aliphatic rings. The van der Waals surface area contributed by atoms with Crippen LogP contribution < -0.4 is 0 Å². The molecule has 0 bridgehead atoms. The second kappa shape index (κ2) is 5.96. The zero-order chi connectivity index (χ0) is 11.1. The molecule has 0 aromatic rings. The number of hydrogen-bond acceptors (Lipinski definition) is 4. The summed E-state index contributed by atoms with van der Waals surface area (Å²) < 4.78 is 9.25. The van der Waals surface area contributed by atoms with E-state index in [9.17, 15) is 9.59 Å². The lowest BCUT2D eigenvalue weighted by Crippen LogP contribution is -2.00. The normalized spacial score (nSPS) is 9.71. The molecule has 0 heterocycles. The molecule has 0 aromatic carbocycles. The number of methoxy groups -OCH3 is 1. The average molecular weight is 198 g/mol. The number of rotatable bonds is 3. The smallest absolute Gasteiger partial charge is 0.330 e. The minimum absolute atomic E-state index is 0.364. The Morgan fingerprint density at radius 3 is 2.00 bits per heavy atom. The third-order valence-corrected chi connectivity index (χ3v) is 1.32. The van der Waals surface area contributed by atoms with E-state index in [1.54, 1.807) is 13.8 Å². The molecule has 0 amide bonds. The van der Waals surface area contributed by atoms with Crippen LogP contribution in [0.2, 0.25) is 0 Å². The van der Waals surface area contributed by atoms with Crippen LogP contribution in [-0.4, -0.2) is 19.0 Å². The molecule has 0 aliphatic carbocycles. The van der Waals surface area contributed by atoms with Gasteiger partial charge in [0.2, 0.25) is 0 Å². The van der Waals surface area contributed by atoms with E-state index in [0.29, 0.717) is 5.76 Å². The fourth-order valence-electron chi connectivity index (χ4n) is 0.669. The van der Waals surface area contributed by atoms with Gasteiger partial charge < -0.3 is 9.47 Å². The summed E-state index contributed by atoms with van der Waals surface area (Å²) in [5.74, 6) is -0.547. The predicted octanol–water partition coefficient (Wildman–Crippen LogP) is 1.57. The molecule has 0 unspecified atom stereocenters. The van der Waals surface area contributed by atoms with Crippen molar-refractivity contribution >= 4 is 11.9 Å². The van der Waals surface area contributed by atoms with Gasteiger partial charge in [0.05, 0.1) is 7.11 Å². The van der Waals surface area contributed by atoms with E-state index in [-0.39, 0.29) is 0 Å². The summed E-state index contributed by atoms with van der Waals surface area (Å²) >= 11 is 0. The van der Waals surface area contributed by atoms with Gasteiger partial charge in [-0.25, -0.2) is 4.79 Å². The van der Waals surface area contributed by atoms with Crippen molar-refractivity contribution in [2.45, 2.75) is 20.8 Å². The van der Waals surface area contributed by atoms with Gasteiger partial charge in [-0.1, -0.05) is 0 Å². The zero-order valence-corrected chi connectivity index (χ0v) is 8.79. The Labute approximate surface area is 83.2 Å². The van der Waals surface area contributed by atoms with E-state index in [4.69, 9.17) is 4.74 Å². The van der Waals surface area contributed by atoms with E-state index in [1.807, 2.05) is 0 Å². The highest BCUT2D eigenvalue weighted by Gasteiger charge is 2.01. The molecule has 4 heteroatoms. The first-order valence-electron chi connectivity index (χ1n) is 4.09. The van der Waals surface area contributed by atoms with Crippen molar-refractivity contribution in [3.63, 3.8) is 0 Å². The van der Waals surface area contributed by atoms with Crippen molar-refractivity contribution in [3.8, 4) is 0 Å². The maximum Gasteiger partial charge on any atom is 0.330 e. The van der Waals surface area contributed by atoms with Gasteiger partial charge in [0.25, 0.3) is 0 Å². The summed E-state index contributed by atoms with van der Waals surface area (Å²) in [6.07, 6.45) is 2.60. The van der Waals surface area contributed by atoms with E-state index >= 15 is 0 Å². The first-order chi connectivity index (χ1) is 6.47. The molecule has 0 aromatic heterocycles. The van der Waals surface area contributed by atoms with Crippen LogP contribution in [0.5, 0.6) is 0 Å². The Balaban J connectivity index is 4.56. The Kier molecular flexibility index (Phi) is 5.29. The standard InChI is InChI=1S/C10H14O4/c1-7(2)9(14-8(3)11)5-6-10(12)13-4/h5-6H,1-4H3/b6-5+. The van der Waals surface area contributed by atoms with Gasteiger partial charge >= 0.3 is 11.9 Å². The van der Waals surface area contributed by atoms with Crippen molar-refractivity contribution in [1.82, 2.24) is 0 Å². The van der Waals surface area contributed by atoms with Gasteiger partial charge in [-0.05, 0) is 25.5 Å². The fraction of sp³-hybridized carbons (Fsp3) is 0.400.